The fraction of sp³-hybridized carbons (Fsp3) is 0.429. The summed E-state index contributed by atoms with van der Waals surface area (Å²) in [5, 5.41) is 9.05. The molecule has 7 heteroatoms. The second kappa shape index (κ2) is 6.89. The van der Waals surface area contributed by atoms with Crippen molar-refractivity contribution in [1.29, 1.82) is 0 Å². The third-order valence-corrected chi connectivity index (χ3v) is 4.21. The number of hydrogen-bond acceptors (Lipinski definition) is 3. The Labute approximate surface area is 123 Å². The van der Waals surface area contributed by atoms with Crippen molar-refractivity contribution in [2.24, 2.45) is 0 Å². The van der Waals surface area contributed by atoms with E-state index in [2.05, 4.69) is 4.98 Å². The number of carboxylic acid groups (broad SMARTS) is 1. The van der Waals surface area contributed by atoms with Gasteiger partial charge in [0.15, 0.2) is 11.6 Å². The number of nitrogens with zero attached hydrogens (tertiary/aromatic N) is 1. The van der Waals surface area contributed by atoms with Crippen LogP contribution in [0.4, 0.5) is 13.2 Å². The predicted molar refractivity (Wildman–Crippen MR) is 73.9 cm³/mol. The van der Waals surface area contributed by atoms with Crippen molar-refractivity contribution in [2.45, 2.75) is 38.5 Å². The number of benzene rings is 1. The Morgan fingerprint density at radius 2 is 1.86 bits per heavy atom. The third-order valence-electron chi connectivity index (χ3n) is 3.09. The fourth-order valence-electron chi connectivity index (χ4n) is 2.04. The van der Waals surface area contributed by atoms with E-state index in [1.54, 1.807) is 0 Å². The molecule has 2 aromatic rings. The minimum Gasteiger partial charge on any atom is -0.481 e. The normalized spacial score (nSPS) is 11.2. The minimum absolute atomic E-state index is 0.0368. The van der Waals surface area contributed by atoms with Crippen molar-refractivity contribution in [3.63, 3.8) is 0 Å². The van der Waals surface area contributed by atoms with Gasteiger partial charge in [-0.05, 0) is 19.3 Å². The molecule has 0 unspecified atom stereocenters. The van der Waals surface area contributed by atoms with Gasteiger partial charge in [0, 0.05) is 12.5 Å². The summed E-state index contributed by atoms with van der Waals surface area (Å²) in [6, 6.07) is 0.533. The molecule has 21 heavy (non-hydrogen) atoms. The number of aromatic nitrogens is 1. The largest absolute Gasteiger partial charge is 0.481 e. The quantitative estimate of drug-likeness (QED) is 0.612. The summed E-state index contributed by atoms with van der Waals surface area (Å²) in [5.74, 6) is -3.95. The van der Waals surface area contributed by atoms with Crippen LogP contribution in [-0.4, -0.2) is 16.1 Å². The highest BCUT2D eigenvalue weighted by Gasteiger charge is 2.17. The van der Waals surface area contributed by atoms with Crippen LogP contribution in [0.3, 0.4) is 0 Å². The summed E-state index contributed by atoms with van der Waals surface area (Å²) in [6.07, 6.45) is 3.68. The lowest BCUT2D eigenvalue weighted by molar-refractivity contribution is -0.137. The molecule has 1 N–H and O–H groups in total. The van der Waals surface area contributed by atoms with Gasteiger partial charge in [0.25, 0.3) is 0 Å². The Morgan fingerprint density at radius 1 is 1.14 bits per heavy atom. The van der Waals surface area contributed by atoms with Gasteiger partial charge in [-0.1, -0.05) is 12.8 Å². The van der Waals surface area contributed by atoms with Crippen LogP contribution in [0.5, 0.6) is 0 Å². The van der Waals surface area contributed by atoms with E-state index in [4.69, 9.17) is 5.11 Å². The van der Waals surface area contributed by atoms with Crippen LogP contribution in [-0.2, 0) is 11.2 Å². The lowest BCUT2D eigenvalue weighted by atomic mass is 10.1. The molecular formula is C14H14F3NO2S. The van der Waals surface area contributed by atoms with E-state index >= 15 is 0 Å². The zero-order valence-corrected chi connectivity index (χ0v) is 12.0. The van der Waals surface area contributed by atoms with Gasteiger partial charge in [-0.2, -0.15) is 0 Å². The molecule has 0 amide bonds. The summed E-state index contributed by atoms with van der Waals surface area (Å²) in [5.41, 5.74) is -0.252. The van der Waals surface area contributed by atoms with Crippen LogP contribution in [0.2, 0.25) is 0 Å². The summed E-state index contributed by atoms with van der Waals surface area (Å²) in [7, 11) is 0. The Hall–Kier alpha value is -1.63. The molecule has 114 valence electrons. The topological polar surface area (TPSA) is 50.2 Å². The number of aryl methyl sites for hydroxylation is 1. The zero-order valence-electron chi connectivity index (χ0n) is 11.2. The SMILES string of the molecule is O=C(O)CCCCCCc1nc2c(F)c(F)cc(F)c2s1. The number of hydrogen-bond donors (Lipinski definition) is 1. The number of halogens is 3. The minimum atomic E-state index is -1.23. The van der Waals surface area contributed by atoms with Crippen LogP contribution in [0.25, 0.3) is 10.2 Å². The van der Waals surface area contributed by atoms with E-state index < -0.39 is 23.4 Å². The second-order valence-corrected chi connectivity index (χ2v) is 5.83. The van der Waals surface area contributed by atoms with Crippen molar-refractivity contribution < 1.29 is 23.1 Å². The fourth-order valence-corrected chi connectivity index (χ4v) is 3.05. The first-order valence-corrected chi connectivity index (χ1v) is 7.45. The second-order valence-electron chi connectivity index (χ2n) is 4.75. The van der Waals surface area contributed by atoms with E-state index in [0.29, 0.717) is 23.9 Å². The highest BCUT2D eigenvalue weighted by molar-refractivity contribution is 7.18. The molecule has 1 aromatic heterocycles. The van der Waals surface area contributed by atoms with Gasteiger partial charge in [-0.15, -0.1) is 11.3 Å². The molecular weight excluding hydrogens is 303 g/mol. The summed E-state index contributed by atoms with van der Waals surface area (Å²) < 4.78 is 40.1. The smallest absolute Gasteiger partial charge is 0.303 e. The number of aliphatic carboxylic acids is 1. The molecule has 0 spiro atoms. The maximum atomic E-state index is 13.5. The average Bonchev–Trinajstić information content (AvgIpc) is 2.85. The predicted octanol–water partition coefficient (Wildman–Crippen LogP) is 4.29. The Morgan fingerprint density at radius 3 is 2.57 bits per heavy atom. The van der Waals surface area contributed by atoms with Crippen LogP contribution >= 0.6 is 11.3 Å². The first-order valence-electron chi connectivity index (χ1n) is 6.63. The van der Waals surface area contributed by atoms with E-state index in [1.807, 2.05) is 0 Å². The number of carboxylic acids is 1. The molecule has 0 saturated carbocycles. The van der Waals surface area contributed by atoms with E-state index in [9.17, 15) is 18.0 Å². The lowest BCUT2D eigenvalue weighted by Crippen LogP contribution is -1.94. The van der Waals surface area contributed by atoms with E-state index in [-0.39, 0.29) is 16.6 Å². The van der Waals surface area contributed by atoms with Gasteiger partial charge >= 0.3 is 5.97 Å². The molecule has 0 aliphatic carbocycles. The van der Waals surface area contributed by atoms with E-state index in [1.165, 1.54) is 0 Å². The molecule has 1 aromatic carbocycles. The Kier molecular flexibility index (Phi) is 5.17. The van der Waals surface area contributed by atoms with Crippen molar-refractivity contribution in [1.82, 2.24) is 4.98 Å². The third kappa shape index (κ3) is 3.93. The monoisotopic (exact) mass is 317 g/mol. The van der Waals surface area contributed by atoms with Gasteiger partial charge in [-0.25, -0.2) is 18.2 Å². The molecule has 0 bridgehead atoms. The van der Waals surface area contributed by atoms with Gasteiger partial charge in [0.05, 0.1) is 9.71 Å². The number of carbonyl (C=O) groups is 1. The number of thiazole rings is 1. The van der Waals surface area contributed by atoms with Crippen molar-refractivity contribution in [3.8, 4) is 0 Å². The Balaban J connectivity index is 1.93. The van der Waals surface area contributed by atoms with Gasteiger partial charge < -0.3 is 5.11 Å². The summed E-state index contributed by atoms with van der Waals surface area (Å²) >= 11 is 1.03. The maximum absolute atomic E-state index is 13.5. The van der Waals surface area contributed by atoms with Crippen molar-refractivity contribution in [3.05, 3.63) is 28.5 Å². The average molecular weight is 317 g/mol. The van der Waals surface area contributed by atoms with Gasteiger partial charge in [-0.3, -0.25) is 4.79 Å². The molecule has 0 atom stereocenters. The highest BCUT2D eigenvalue weighted by Crippen LogP contribution is 2.29. The standard InChI is InChI=1S/C14H14F3NO2S/c15-8-7-9(16)14-13(12(8)17)18-10(21-14)5-3-1-2-4-6-11(19)20/h7H,1-6H2,(H,19,20). The Bertz CT molecular complexity index is 657. The van der Waals surface area contributed by atoms with Crippen molar-refractivity contribution >= 4 is 27.5 Å². The zero-order chi connectivity index (χ0) is 15.4. The lowest BCUT2D eigenvalue weighted by Gasteiger charge is -1.97. The maximum Gasteiger partial charge on any atom is 0.303 e. The number of unbranched alkanes of at least 4 members (excludes halogenated alkanes) is 3. The van der Waals surface area contributed by atoms with Crippen LogP contribution in [0.15, 0.2) is 6.07 Å². The van der Waals surface area contributed by atoms with Crippen LogP contribution < -0.4 is 0 Å². The van der Waals surface area contributed by atoms with Gasteiger partial charge in [0.2, 0.25) is 0 Å². The molecule has 0 fully saturated rings. The molecule has 0 aliphatic heterocycles. The van der Waals surface area contributed by atoms with Crippen LogP contribution in [0.1, 0.15) is 37.1 Å². The first kappa shape index (κ1) is 15.8. The molecule has 3 nitrogen and oxygen atoms in total. The molecule has 0 aliphatic rings. The number of fused-ring (bicyclic) bond motifs is 1. The molecule has 0 saturated heterocycles. The van der Waals surface area contributed by atoms with E-state index in [0.717, 1.165) is 30.6 Å². The molecule has 1 heterocycles. The van der Waals surface area contributed by atoms with Crippen LogP contribution in [0, 0.1) is 17.5 Å². The summed E-state index contributed by atoms with van der Waals surface area (Å²) in [4.78, 5) is 14.3. The van der Waals surface area contributed by atoms with Gasteiger partial charge in [0.1, 0.15) is 11.3 Å². The number of rotatable bonds is 7. The molecule has 0 radical (unpaired) electrons. The van der Waals surface area contributed by atoms with Crippen molar-refractivity contribution in [2.75, 3.05) is 0 Å². The summed E-state index contributed by atoms with van der Waals surface area (Å²) in [6.45, 7) is 0. The highest BCUT2D eigenvalue weighted by atomic mass is 32.1. The first-order chi connectivity index (χ1) is 9.99. The molecule has 2 rings (SSSR count).